The zero-order chi connectivity index (χ0) is 20.5. The van der Waals surface area contributed by atoms with Crippen LogP contribution in [-0.2, 0) is 15.8 Å². The molecule has 9 heteroatoms. The van der Waals surface area contributed by atoms with Gasteiger partial charge in [-0.25, -0.2) is 4.79 Å². The molecule has 1 aromatic carbocycles. The van der Waals surface area contributed by atoms with E-state index in [9.17, 15) is 27.6 Å². The summed E-state index contributed by atoms with van der Waals surface area (Å²) < 4.78 is 44.9. The summed E-state index contributed by atoms with van der Waals surface area (Å²) in [5, 5.41) is 2.00. The maximum absolute atomic E-state index is 13.2. The van der Waals surface area contributed by atoms with Gasteiger partial charge < -0.3 is 4.42 Å². The molecule has 0 atom stereocenters. The smallest absolute Gasteiger partial charge is 0.417 e. The van der Waals surface area contributed by atoms with Crippen molar-refractivity contribution in [2.75, 3.05) is 6.54 Å². The van der Waals surface area contributed by atoms with Gasteiger partial charge in [0.05, 0.1) is 5.56 Å². The normalized spacial score (nSPS) is 16.5. The van der Waals surface area contributed by atoms with E-state index in [4.69, 9.17) is 4.42 Å². The van der Waals surface area contributed by atoms with Crippen LogP contribution in [0, 0.1) is 0 Å². The van der Waals surface area contributed by atoms with Crippen LogP contribution in [0.4, 0.5) is 18.0 Å². The SMILES string of the molecule is C=CCN1C(=O)NC(=O)/C(=C/c2ccc(-c3ccccc3C(F)(F)F)o2)C1=O. The summed E-state index contributed by atoms with van der Waals surface area (Å²) in [5.74, 6) is -1.88. The third-order valence-electron chi connectivity index (χ3n) is 3.91. The van der Waals surface area contributed by atoms with E-state index < -0.39 is 29.6 Å². The predicted octanol–water partition coefficient (Wildman–Crippen LogP) is 3.61. The highest BCUT2D eigenvalue weighted by atomic mass is 19.4. The Labute approximate surface area is 156 Å². The highest BCUT2D eigenvalue weighted by Gasteiger charge is 2.36. The van der Waals surface area contributed by atoms with Gasteiger partial charge in [0.2, 0.25) is 0 Å². The van der Waals surface area contributed by atoms with Gasteiger partial charge in [0.1, 0.15) is 17.1 Å². The molecule has 2 heterocycles. The first kappa shape index (κ1) is 19.2. The van der Waals surface area contributed by atoms with Crippen molar-refractivity contribution in [3.05, 3.63) is 65.9 Å². The van der Waals surface area contributed by atoms with Crippen LogP contribution in [0.5, 0.6) is 0 Å². The Kier molecular flexibility index (Phi) is 4.91. The maximum Gasteiger partial charge on any atom is 0.417 e. The monoisotopic (exact) mass is 390 g/mol. The summed E-state index contributed by atoms with van der Waals surface area (Å²) in [4.78, 5) is 36.8. The fourth-order valence-electron chi connectivity index (χ4n) is 2.65. The number of benzene rings is 1. The highest BCUT2D eigenvalue weighted by Crippen LogP contribution is 2.37. The van der Waals surface area contributed by atoms with Crippen molar-refractivity contribution in [3.63, 3.8) is 0 Å². The minimum atomic E-state index is -4.58. The van der Waals surface area contributed by atoms with E-state index in [1.807, 2.05) is 5.32 Å². The molecule has 144 valence electrons. The van der Waals surface area contributed by atoms with E-state index in [-0.39, 0.29) is 29.2 Å². The Morgan fingerprint density at radius 2 is 1.82 bits per heavy atom. The lowest BCUT2D eigenvalue weighted by Crippen LogP contribution is -2.54. The van der Waals surface area contributed by atoms with Gasteiger partial charge >= 0.3 is 12.2 Å². The standard InChI is InChI=1S/C19H13F3N2O4/c1-2-9-24-17(26)13(16(25)23-18(24)27)10-11-7-8-15(28-11)12-5-3-4-6-14(12)19(20,21)22/h2-8,10H,1,9H2,(H,23,25,27)/b13-10-. The van der Waals surface area contributed by atoms with Crippen LogP contribution in [0.3, 0.4) is 0 Å². The molecule has 0 bridgehead atoms. The Balaban J connectivity index is 1.97. The topological polar surface area (TPSA) is 79.6 Å². The second-order valence-electron chi connectivity index (χ2n) is 5.77. The molecule has 3 rings (SSSR count). The molecule has 1 aliphatic rings. The first-order valence-corrected chi connectivity index (χ1v) is 7.98. The number of barbiturate groups is 1. The van der Waals surface area contributed by atoms with Crippen LogP contribution < -0.4 is 5.32 Å². The van der Waals surface area contributed by atoms with Crippen molar-refractivity contribution in [1.82, 2.24) is 10.2 Å². The quantitative estimate of drug-likeness (QED) is 0.491. The molecule has 2 aromatic rings. The third-order valence-corrected chi connectivity index (χ3v) is 3.91. The van der Waals surface area contributed by atoms with E-state index in [1.165, 1.54) is 36.4 Å². The summed E-state index contributed by atoms with van der Waals surface area (Å²) in [7, 11) is 0. The molecular formula is C19H13F3N2O4. The van der Waals surface area contributed by atoms with E-state index in [0.717, 1.165) is 17.0 Å². The zero-order valence-electron chi connectivity index (χ0n) is 14.2. The van der Waals surface area contributed by atoms with E-state index in [1.54, 1.807) is 0 Å². The molecular weight excluding hydrogens is 377 g/mol. The second kappa shape index (κ2) is 7.18. The van der Waals surface area contributed by atoms with Crippen molar-refractivity contribution >= 4 is 23.9 Å². The molecule has 28 heavy (non-hydrogen) atoms. The number of urea groups is 1. The lowest BCUT2D eigenvalue weighted by Gasteiger charge is -2.24. The number of amides is 4. The summed E-state index contributed by atoms with van der Waals surface area (Å²) in [6, 6.07) is 6.61. The minimum absolute atomic E-state index is 0.0154. The van der Waals surface area contributed by atoms with E-state index in [2.05, 4.69) is 6.58 Å². The molecule has 0 aliphatic carbocycles. The maximum atomic E-state index is 13.2. The molecule has 4 amide bonds. The fourth-order valence-corrected chi connectivity index (χ4v) is 2.65. The number of carbonyl (C=O) groups excluding carboxylic acids is 3. The van der Waals surface area contributed by atoms with Crippen LogP contribution in [0.15, 0.2) is 59.0 Å². The van der Waals surface area contributed by atoms with Gasteiger partial charge in [-0.2, -0.15) is 13.2 Å². The summed E-state index contributed by atoms with van der Waals surface area (Å²) >= 11 is 0. The number of furan rings is 1. The Morgan fingerprint density at radius 1 is 1.11 bits per heavy atom. The van der Waals surface area contributed by atoms with E-state index in [0.29, 0.717) is 0 Å². The molecule has 1 aliphatic heterocycles. The summed E-state index contributed by atoms with van der Waals surface area (Å²) in [5.41, 5.74) is -1.44. The lowest BCUT2D eigenvalue weighted by molar-refractivity contribution is -0.137. The van der Waals surface area contributed by atoms with Gasteiger partial charge in [-0.15, -0.1) is 6.58 Å². The molecule has 1 fully saturated rings. The Bertz CT molecular complexity index is 1000. The van der Waals surface area contributed by atoms with Crippen LogP contribution in [0.25, 0.3) is 17.4 Å². The van der Waals surface area contributed by atoms with E-state index >= 15 is 0 Å². The van der Waals surface area contributed by atoms with Gasteiger partial charge in [0, 0.05) is 12.1 Å². The summed E-state index contributed by atoms with van der Waals surface area (Å²) in [6.45, 7) is 3.31. The average molecular weight is 390 g/mol. The number of carbonyl (C=O) groups is 3. The largest absolute Gasteiger partial charge is 0.457 e. The number of imide groups is 2. The number of hydrogen-bond acceptors (Lipinski definition) is 4. The summed E-state index contributed by atoms with van der Waals surface area (Å²) in [6.07, 6.45) is -2.20. The molecule has 0 saturated carbocycles. The highest BCUT2D eigenvalue weighted by molar-refractivity contribution is 6.30. The third kappa shape index (κ3) is 3.59. The van der Waals surface area contributed by atoms with Crippen molar-refractivity contribution in [2.24, 2.45) is 0 Å². The first-order chi connectivity index (χ1) is 13.2. The Hall–Kier alpha value is -3.62. The average Bonchev–Trinajstić information content (AvgIpc) is 3.10. The van der Waals surface area contributed by atoms with Gasteiger partial charge in [0.15, 0.2) is 0 Å². The molecule has 0 radical (unpaired) electrons. The lowest BCUT2D eigenvalue weighted by atomic mass is 10.1. The van der Waals surface area contributed by atoms with Crippen molar-refractivity contribution in [3.8, 4) is 11.3 Å². The number of rotatable bonds is 4. The fraction of sp³-hybridized carbons (Fsp3) is 0.105. The molecule has 0 unspecified atom stereocenters. The number of alkyl halides is 3. The minimum Gasteiger partial charge on any atom is -0.457 e. The van der Waals surface area contributed by atoms with Crippen LogP contribution in [-0.4, -0.2) is 29.3 Å². The molecule has 0 spiro atoms. The molecule has 1 saturated heterocycles. The zero-order valence-corrected chi connectivity index (χ0v) is 14.2. The number of nitrogens with one attached hydrogen (secondary N) is 1. The van der Waals surface area contributed by atoms with Gasteiger partial charge in [-0.1, -0.05) is 24.3 Å². The van der Waals surface area contributed by atoms with Crippen LogP contribution in [0.2, 0.25) is 0 Å². The number of hydrogen-bond donors (Lipinski definition) is 1. The molecule has 1 aromatic heterocycles. The van der Waals surface area contributed by atoms with Gasteiger partial charge in [-0.05, 0) is 24.3 Å². The van der Waals surface area contributed by atoms with Gasteiger partial charge in [-0.3, -0.25) is 19.8 Å². The van der Waals surface area contributed by atoms with Crippen molar-refractivity contribution in [1.29, 1.82) is 0 Å². The Morgan fingerprint density at radius 3 is 2.50 bits per heavy atom. The van der Waals surface area contributed by atoms with Gasteiger partial charge in [0.25, 0.3) is 11.8 Å². The van der Waals surface area contributed by atoms with Crippen molar-refractivity contribution in [2.45, 2.75) is 6.18 Å². The van der Waals surface area contributed by atoms with Crippen LogP contribution >= 0.6 is 0 Å². The molecule has 6 nitrogen and oxygen atoms in total. The van der Waals surface area contributed by atoms with Crippen molar-refractivity contribution < 1.29 is 32.0 Å². The first-order valence-electron chi connectivity index (χ1n) is 7.98. The number of nitrogens with zero attached hydrogens (tertiary/aromatic N) is 1. The number of halogens is 3. The van der Waals surface area contributed by atoms with Crippen LogP contribution in [0.1, 0.15) is 11.3 Å². The second-order valence-corrected chi connectivity index (χ2v) is 5.77. The predicted molar refractivity (Wildman–Crippen MR) is 92.6 cm³/mol. The molecule has 1 N–H and O–H groups in total.